The largest absolute Gasteiger partial charge is 0.370 e. The highest BCUT2D eigenvalue weighted by molar-refractivity contribution is 5.84. The molecule has 0 bridgehead atoms. The molecule has 0 atom stereocenters. The second-order valence-corrected chi connectivity index (χ2v) is 4.43. The fourth-order valence-electron chi connectivity index (χ4n) is 0.901. The number of hydrogen-bond acceptors (Lipinski definition) is 2. The summed E-state index contributed by atoms with van der Waals surface area (Å²) in [7, 11) is 0. The molecule has 0 fully saturated rings. The van der Waals surface area contributed by atoms with Gasteiger partial charge in [-0.15, -0.1) is 0 Å². The van der Waals surface area contributed by atoms with E-state index < -0.39 is 0 Å². The van der Waals surface area contributed by atoms with Crippen LogP contribution in [0.3, 0.4) is 0 Å². The molecular weight excluding hydrogens is 192 g/mol. The molecule has 5 nitrogen and oxygen atoms in total. The molecule has 0 rings (SSSR count). The normalized spacial score (nSPS) is 12.4. The predicted molar refractivity (Wildman–Crippen MR) is 62.7 cm³/mol. The molecule has 1 amide bonds. The number of nitrogens with zero attached hydrogens (tertiary/aromatic N) is 1. The monoisotopic (exact) mass is 214 g/mol. The maximum absolute atomic E-state index is 11.2. The number of carbonyl (C=O) groups is 1. The van der Waals surface area contributed by atoms with E-state index in [-0.39, 0.29) is 18.0 Å². The highest BCUT2D eigenvalue weighted by Crippen LogP contribution is 1.96. The molecule has 15 heavy (non-hydrogen) atoms. The smallest absolute Gasteiger partial charge is 0.241 e. The third-order valence-corrected chi connectivity index (χ3v) is 1.47. The van der Waals surface area contributed by atoms with Crippen molar-refractivity contribution in [3.63, 3.8) is 0 Å². The molecule has 0 aromatic rings. The summed E-state index contributed by atoms with van der Waals surface area (Å²) in [5.74, 6) is 0.199. The molecule has 0 radical (unpaired) electrons. The van der Waals surface area contributed by atoms with Crippen molar-refractivity contribution in [2.24, 2.45) is 10.7 Å². The zero-order valence-electron chi connectivity index (χ0n) is 10.1. The van der Waals surface area contributed by atoms with Gasteiger partial charge in [-0.25, -0.2) is 4.99 Å². The van der Waals surface area contributed by atoms with Gasteiger partial charge in [-0.05, 0) is 27.2 Å². The summed E-state index contributed by atoms with van der Waals surface area (Å²) in [6.45, 7) is 8.69. The minimum atomic E-state index is -0.131. The highest BCUT2D eigenvalue weighted by atomic mass is 16.1. The Morgan fingerprint density at radius 2 is 2.00 bits per heavy atom. The Hall–Kier alpha value is -1.26. The third kappa shape index (κ3) is 9.05. The first-order valence-electron chi connectivity index (χ1n) is 5.20. The van der Waals surface area contributed by atoms with E-state index in [2.05, 4.69) is 15.6 Å². The summed E-state index contributed by atoms with van der Waals surface area (Å²) >= 11 is 0. The van der Waals surface area contributed by atoms with Gasteiger partial charge in [0.05, 0.1) is 0 Å². The molecule has 4 N–H and O–H groups in total. The fraction of sp³-hybridized carbons (Fsp3) is 0.800. The molecule has 0 saturated carbocycles. The lowest BCUT2D eigenvalue weighted by Crippen LogP contribution is -2.45. The number of amides is 1. The van der Waals surface area contributed by atoms with Crippen molar-refractivity contribution >= 4 is 11.9 Å². The van der Waals surface area contributed by atoms with E-state index in [4.69, 9.17) is 5.73 Å². The minimum absolute atomic E-state index is 0.0783. The number of aliphatic imine (C=N–C) groups is 1. The number of nitrogens with two attached hydrogens (primary N) is 1. The molecule has 5 heteroatoms. The van der Waals surface area contributed by atoms with E-state index in [1.165, 1.54) is 0 Å². The van der Waals surface area contributed by atoms with Crippen molar-refractivity contribution in [3.05, 3.63) is 0 Å². The lowest BCUT2D eigenvalue weighted by molar-refractivity contribution is -0.119. The molecule has 0 aromatic carbocycles. The summed E-state index contributed by atoms with van der Waals surface area (Å²) in [5.41, 5.74) is 5.46. The zero-order chi connectivity index (χ0) is 11.9. The van der Waals surface area contributed by atoms with Gasteiger partial charge in [0, 0.05) is 12.1 Å². The Morgan fingerprint density at radius 3 is 2.47 bits per heavy atom. The van der Waals surface area contributed by atoms with Crippen LogP contribution in [0.2, 0.25) is 0 Å². The maximum atomic E-state index is 11.2. The number of rotatable bonds is 4. The van der Waals surface area contributed by atoms with Crippen LogP contribution in [0.25, 0.3) is 0 Å². The molecule has 0 heterocycles. The molecule has 0 unspecified atom stereocenters. The third-order valence-electron chi connectivity index (χ3n) is 1.47. The van der Waals surface area contributed by atoms with Crippen LogP contribution in [0.15, 0.2) is 4.99 Å². The first-order chi connectivity index (χ1) is 6.85. The quantitative estimate of drug-likeness (QED) is 0.462. The predicted octanol–water partition coefficient (Wildman–Crippen LogP) is 0.215. The van der Waals surface area contributed by atoms with Gasteiger partial charge in [-0.3, -0.25) is 4.79 Å². The Kier molecular flexibility index (Phi) is 5.74. The second kappa shape index (κ2) is 6.27. The average Bonchev–Trinajstić information content (AvgIpc) is 2.08. The van der Waals surface area contributed by atoms with Crippen molar-refractivity contribution in [2.75, 3.05) is 13.1 Å². The van der Waals surface area contributed by atoms with Crippen LogP contribution in [0.4, 0.5) is 0 Å². The Balaban J connectivity index is 3.89. The first-order valence-corrected chi connectivity index (χ1v) is 5.20. The van der Waals surface area contributed by atoms with Gasteiger partial charge in [0.15, 0.2) is 5.96 Å². The van der Waals surface area contributed by atoms with Crippen LogP contribution in [-0.4, -0.2) is 30.5 Å². The van der Waals surface area contributed by atoms with E-state index >= 15 is 0 Å². The van der Waals surface area contributed by atoms with Gasteiger partial charge in [-0.1, -0.05) is 6.92 Å². The van der Waals surface area contributed by atoms with Gasteiger partial charge < -0.3 is 16.4 Å². The lowest BCUT2D eigenvalue weighted by atomic mass is 10.1. The molecule has 0 aromatic heterocycles. The summed E-state index contributed by atoms with van der Waals surface area (Å²) < 4.78 is 0. The minimum Gasteiger partial charge on any atom is -0.370 e. The van der Waals surface area contributed by atoms with Gasteiger partial charge in [0.2, 0.25) is 5.91 Å². The van der Waals surface area contributed by atoms with E-state index in [0.29, 0.717) is 12.5 Å². The van der Waals surface area contributed by atoms with Crippen LogP contribution >= 0.6 is 0 Å². The number of guanidine groups is 1. The van der Waals surface area contributed by atoms with Crippen molar-refractivity contribution in [2.45, 2.75) is 39.7 Å². The van der Waals surface area contributed by atoms with Crippen molar-refractivity contribution in [1.29, 1.82) is 0 Å². The van der Waals surface area contributed by atoms with Gasteiger partial charge in [0.25, 0.3) is 0 Å². The second-order valence-electron chi connectivity index (χ2n) is 4.43. The fourth-order valence-corrected chi connectivity index (χ4v) is 0.901. The van der Waals surface area contributed by atoms with Crippen LogP contribution in [0, 0.1) is 0 Å². The molecule has 0 saturated heterocycles. The SMILES string of the molecule is CCCNC(=O)CN=C(N)NC(C)(C)C. The van der Waals surface area contributed by atoms with Crippen molar-refractivity contribution in [3.8, 4) is 0 Å². The van der Waals surface area contributed by atoms with E-state index in [1.54, 1.807) is 0 Å². The Bertz CT molecular complexity index is 230. The lowest BCUT2D eigenvalue weighted by Gasteiger charge is -2.20. The molecular formula is C10H22N4O. The van der Waals surface area contributed by atoms with E-state index in [1.807, 2.05) is 27.7 Å². The topological polar surface area (TPSA) is 79.5 Å². The van der Waals surface area contributed by atoms with Crippen molar-refractivity contribution < 1.29 is 4.79 Å². The molecule has 88 valence electrons. The van der Waals surface area contributed by atoms with Gasteiger partial charge in [-0.2, -0.15) is 0 Å². The van der Waals surface area contributed by atoms with Crippen LogP contribution in [0.5, 0.6) is 0 Å². The van der Waals surface area contributed by atoms with E-state index in [0.717, 1.165) is 6.42 Å². The first kappa shape index (κ1) is 13.7. The van der Waals surface area contributed by atoms with Crippen LogP contribution < -0.4 is 16.4 Å². The average molecular weight is 214 g/mol. The summed E-state index contributed by atoms with van der Waals surface area (Å²) in [6.07, 6.45) is 0.922. The molecule has 0 aliphatic rings. The van der Waals surface area contributed by atoms with Gasteiger partial charge >= 0.3 is 0 Å². The summed E-state index contributed by atoms with van der Waals surface area (Å²) in [6, 6.07) is 0. The van der Waals surface area contributed by atoms with Gasteiger partial charge in [0.1, 0.15) is 6.54 Å². The Morgan fingerprint density at radius 1 is 1.40 bits per heavy atom. The molecule has 0 aliphatic carbocycles. The molecule has 0 aliphatic heterocycles. The number of carbonyl (C=O) groups excluding carboxylic acids is 1. The van der Waals surface area contributed by atoms with Crippen molar-refractivity contribution in [1.82, 2.24) is 10.6 Å². The van der Waals surface area contributed by atoms with Crippen LogP contribution in [-0.2, 0) is 4.79 Å². The van der Waals surface area contributed by atoms with E-state index in [9.17, 15) is 4.79 Å². The number of nitrogens with one attached hydrogen (secondary N) is 2. The maximum Gasteiger partial charge on any atom is 0.241 e. The highest BCUT2D eigenvalue weighted by Gasteiger charge is 2.09. The zero-order valence-corrected chi connectivity index (χ0v) is 10.1. The number of hydrogen-bond donors (Lipinski definition) is 3. The Labute approximate surface area is 91.5 Å². The summed E-state index contributed by atoms with van der Waals surface area (Å²) in [5, 5.41) is 5.70. The standard InChI is InChI=1S/C10H22N4O/c1-5-6-12-8(15)7-13-9(11)14-10(2,3)4/h5-7H2,1-4H3,(H,12,15)(H3,11,13,14). The van der Waals surface area contributed by atoms with Crippen LogP contribution in [0.1, 0.15) is 34.1 Å². The summed E-state index contributed by atoms with van der Waals surface area (Å²) in [4.78, 5) is 15.1. The molecule has 0 spiro atoms.